The molecule has 0 bridgehead atoms. The minimum Gasteiger partial charge on any atom is -0.385 e. The highest BCUT2D eigenvalue weighted by Gasteiger charge is 2.40. The molecule has 17 nitrogen and oxygen atoms in total. The van der Waals surface area contributed by atoms with Gasteiger partial charge in [-0.1, -0.05) is 25.0 Å². The van der Waals surface area contributed by atoms with Crippen LogP contribution in [0.2, 0.25) is 0 Å². The van der Waals surface area contributed by atoms with Gasteiger partial charge in [-0.05, 0) is 92.8 Å². The molecule has 7 heterocycles. The molecule has 0 spiro atoms. The number of rotatable bonds is 16. The van der Waals surface area contributed by atoms with Crippen molar-refractivity contribution in [3.05, 3.63) is 83.3 Å². The molecule has 6 amide bonds. The lowest BCUT2D eigenvalue weighted by Gasteiger charge is -2.43. The summed E-state index contributed by atoms with van der Waals surface area (Å²) in [6.45, 7) is 7.80. The molecular formula is C48H61N11O6. The zero-order valence-electron chi connectivity index (χ0n) is 37.2. The number of hydrogen-bond acceptors (Lipinski definition) is 12. The number of benzene rings is 1. The van der Waals surface area contributed by atoms with E-state index in [0.29, 0.717) is 88.3 Å². The number of unbranched alkanes of at least 4 members (excludes halogenated alkanes) is 1. The van der Waals surface area contributed by atoms with Crippen molar-refractivity contribution in [1.29, 1.82) is 0 Å². The summed E-state index contributed by atoms with van der Waals surface area (Å²) in [7, 11) is 0. The first-order valence-electron chi connectivity index (χ1n) is 23.5. The molecule has 3 N–H and O–H groups in total. The van der Waals surface area contributed by atoms with E-state index in [4.69, 9.17) is 0 Å². The molecule has 344 valence electrons. The molecule has 4 saturated heterocycles. The SMILES string of the molecule is O=C(/C=C/c1cccnc1)NCCCCC1CCN(C(=O)c2ccc(N3CCC(N4CCN(C(=O)CCCNc5cccc6c5CN(C5CCC(=O)NC5=O)C6=O)CC4)CC3)nn2)CC1. The summed E-state index contributed by atoms with van der Waals surface area (Å²) in [6.07, 6.45) is 15.3. The average Bonchev–Trinajstić information content (AvgIpc) is 3.68. The van der Waals surface area contributed by atoms with E-state index in [-0.39, 0.29) is 36.0 Å². The Labute approximate surface area is 380 Å². The van der Waals surface area contributed by atoms with Crippen molar-refractivity contribution in [2.24, 2.45) is 5.92 Å². The van der Waals surface area contributed by atoms with Crippen LogP contribution in [0, 0.1) is 5.92 Å². The molecule has 0 aliphatic carbocycles. The number of carbonyl (C=O) groups is 6. The summed E-state index contributed by atoms with van der Waals surface area (Å²) in [5.74, 6) is 0.426. The summed E-state index contributed by atoms with van der Waals surface area (Å²) in [6, 6.07) is 12.8. The predicted octanol–water partition coefficient (Wildman–Crippen LogP) is 3.49. The highest BCUT2D eigenvalue weighted by molar-refractivity contribution is 6.06. The van der Waals surface area contributed by atoms with Gasteiger partial charge >= 0.3 is 0 Å². The Morgan fingerprint density at radius 1 is 0.800 bits per heavy atom. The predicted molar refractivity (Wildman–Crippen MR) is 244 cm³/mol. The van der Waals surface area contributed by atoms with E-state index < -0.39 is 11.9 Å². The molecule has 17 heteroatoms. The zero-order valence-corrected chi connectivity index (χ0v) is 37.2. The highest BCUT2D eigenvalue weighted by atomic mass is 16.2. The quantitative estimate of drug-likeness (QED) is 0.108. The van der Waals surface area contributed by atoms with Crippen LogP contribution in [0.5, 0.6) is 0 Å². The molecule has 5 aliphatic heterocycles. The number of piperidine rings is 3. The standard InChI is InChI=1S/C48H61N11O6/c60-43(15-11-35-7-4-21-49-32-35)51-22-2-1-6-34-17-24-58(25-18-34)48(65)40-12-14-42(54-53-40)56-26-19-36(20-27-56)55-28-30-57(31-29-55)45(62)10-5-23-50-39-9-3-8-37-38(39)33-59(47(37)64)41-13-16-44(61)52-46(41)63/h3-4,7-9,11-12,14-15,21,32,34,36,41,50H,1-2,5-6,10,13,16-20,22-31,33H2,(H,51,60)(H,52,61,63)/b15-11+. The van der Waals surface area contributed by atoms with Gasteiger partial charge in [-0.15, -0.1) is 10.2 Å². The van der Waals surface area contributed by atoms with E-state index >= 15 is 0 Å². The number of hydrogen-bond donors (Lipinski definition) is 3. The number of imide groups is 1. The maximum Gasteiger partial charge on any atom is 0.274 e. The second kappa shape index (κ2) is 21.6. The Balaban J connectivity index is 0.682. The van der Waals surface area contributed by atoms with Crippen molar-refractivity contribution in [2.45, 2.75) is 89.3 Å². The summed E-state index contributed by atoms with van der Waals surface area (Å²) >= 11 is 0. The number of nitrogens with one attached hydrogen (secondary N) is 3. The Morgan fingerprint density at radius 3 is 2.35 bits per heavy atom. The topological polar surface area (TPSA) is 193 Å². The van der Waals surface area contributed by atoms with Crippen LogP contribution in [-0.2, 0) is 25.7 Å². The van der Waals surface area contributed by atoms with Gasteiger partial charge in [0, 0.05) is 126 Å². The van der Waals surface area contributed by atoms with Gasteiger partial charge in [-0.3, -0.25) is 44.0 Å². The third-order valence-corrected chi connectivity index (χ3v) is 13.7. The number of likely N-dealkylation sites (tertiary alicyclic amines) is 1. The van der Waals surface area contributed by atoms with Gasteiger partial charge in [0.2, 0.25) is 23.6 Å². The largest absolute Gasteiger partial charge is 0.385 e. The molecular weight excluding hydrogens is 827 g/mol. The number of piperazine rings is 1. The van der Waals surface area contributed by atoms with Crippen LogP contribution in [0.4, 0.5) is 11.5 Å². The van der Waals surface area contributed by atoms with Gasteiger partial charge in [0.25, 0.3) is 11.8 Å². The molecule has 5 aliphatic rings. The number of aromatic nitrogens is 3. The van der Waals surface area contributed by atoms with Crippen molar-refractivity contribution in [1.82, 2.24) is 45.4 Å². The van der Waals surface area contributed by atoms with Crippen molar-refractivity contribution < 1.29 is 28.8 Å². The fourth-order valence-corrected chi connectivity index (χ4v) is 9.84. The van der Waals surface area contributed by atoms with Crippen LogP contribution in [0.25, 0.3) is 6.08 Å². The first-order valence-corrected chi connectivity index (χ1v) is 23.5. The smallest absolute Gasteiger partial charge is 0.274 e. The molecule has 0 saturated carbocycles. The van der Waals surface area contributed by atoms with E-state index in [1.165, 1.54) is 0 Å². The summed E-state index contributed by atoms with van der Waals surface area (Å²) in [5.41, 5.74) is 3.51. The number of amides is 6. The Hall–Kier alpha value is -6.23. The highest BCUT2D eigenvalue weighted by Crippen LogP contribution is 2.32. The lowest BCUT2D eigenvalue weighted by molar-refractivity contribution is -0.137. The summed E-state index contributed by atoms with van der Waals surface area (Å²) < 4.78 is 0. The molecule has 4 fully saturated rings. The lowest BCUT2D eigenvalue weighted by Crippen LogP contribution is -2.54. The molecule has 65 heavy (non-hydrogen) atoms. The van der Waals surface area contributed by atoms with Gasteiger partial charge < -0.3 is 30.2 Å². The van der Waals surface area contributed by atoms with E-state index in [2.05, 4.69) is 40.9 Å². The van der Waals surface area contributed by atoms with Crippen LogP contribution >= 0.6 is 0 Å². The fourth-order valence-electron chi connectivity index (χ4n) is 9.84. The minimum atomic E-state index is -0.657. The monoisotopic (exact) mass is 887 g/mol. The van der Waals surface area contributed by atoms with Gasteiger partial charge in [-0.25, -0.2) is 0 Å². The van der Waals surface area contributed by atoms with Crippen LogP contribution in [0.1, 0.15) is 103 Å². The van der Waals surface area contributed by atoms with Crippen molar-refractivity contribution in [3.63, 3.8) is 0 Å². The Morgan fingerprint density at radius 2 is 1.62 bits per heavy atom. The molecule has 1 atom stereocenters. The second-order valence-electron chi connectivity index (χ2n) is 17.8. The van der Waals surface area contributed by atoms with Crippen molar-refractivity contribution in [2.75, 3.05) is 75.7 Å². The fraction of sp³-hybridized carbons (Fsp3) is 0.521. The van der Waals surface area contributed by atoms with Crippen LogP contribution in [-0.4, -0.2) is 148 Å². The normalized spacial score (nSPS) is 20.0. The maximum atomic E-state index is 13.3. The van der Waals surface area contributed by atoms with Gasteiger partial charge in [0.15, 0.2) is 11.5 Å². The van der Waals surface area contributed by atoms with Gasteiger partial charge in [0.05, 0.1) is 0 Å². The number of carbonyl (C=O) groups excluding carboxylic acids is 6. The van der Waals surface area contributed by atoms with Crippen molar-refractivity contribution in [3.8, 4) is 0 Å². The molecule has 2 aromatic heterocycles. The van der Waals surface area contributed by atoms with Gasteiger partial charge in [0.1, 0.15) is 6.04 Å². The number of anilines is 2. The molecule has 3 aromatic rings. The first kappa shape index (κ1) is 45.3. The van der Waals surface area contributed by atoms with Crippen LogP contribution < -0.4 is 20.9 Å². The zero-order chi connectivity index (χ0) is 45.1. The summed E-state index contributed by atoms with van der Waals surface area (Å²) in [4.78, 5) is 90.1. The number of nitrogens with zero attached hydrogens (tertiary/aromatic N) is 8. The second-order valence-corrected chi connectivity index (χ2v) is 17.8. The Kier molecular flexibility index (Phi) is 15.1. The van der Waals surface area contributed by atoms with E-state index in [9.17, 15) is 28.8 Å². The minimum absolute atomic E-state index is 0.0621. The molecule has 8 rings (SSSR count). The third-order valence-electron chi connectivity index (χ3n) is 13.7. The number of pyridine rings is 1. The number of fused-ring (bicyclic) bond motifs is 1. The van der Waals surface area contributed by atoms with Crippen LogP contribution in [0.3, 0.4) is 0 Å². The molecule has 0 radical (unpaired) electrons. The van der Waals surface area contributed by atoms with E-state index in [1.807, 2.05) is 46.2 Å². The average molecular weight is 888 g/mol. The lowest BCUT2D eigenvalue weighted by atomic mass is 9.91. The maximum absolute atomic E-state index is 13.3. The molecule has 1 unspecified atom stereocenters. The third kappa shape index (κ3) is 11.5. The molecule has 1 aromatic carbocycles. The Bertz CT molecular complexity index is 2200. The van der Waals surface area contributed by atoms with Crippen LogP contribution in [0.15, 0.2) is 60.9 Å². The van der Waals surface area contributed by atoms with Crippen molar-refractivity contribution >= 4 is 53.0 Å². The van der Waals surface area contributed by atoms with E-state index in [0.717, 1.165) is 93.8 Å². The van der Waals surface area contributed by atoms with E-state index in [1.54, 1.807) is 35.5 Å². The first-order chi connectivity index (χ1) is 31.7. The van der Waals surface area contributed by atoms with Gasteiger partial charge in [-0.2, -0.15) is 0 Å². The summed E-state index contributed by atoms with van der Waals surface area (Å²) in [5, 5.41) is 17.6.